The number of nitrogens with one attached hydrogen (secondary N) is 1. The number of benzene rings is 1. The van der Waals surface area contributed by atoms with Gasteiger partial charge in [-0.2, -0.15) is 0 Å². The Morgan fingerprint density at radius 2 is 1.88 bits per heavy atom. The third-order valence-electron chi connectivity index (χ3n) is 8.11. The lowest BCUT2D eigenvalue weighted by molar-refractivity contribution is 0.151. The molecule has 5 heterocycles. The van der Waals surface area contributed by atoms with Gasteiger partial charge in [0.05, 0.1) is 23.6 Å². The number of aromatic nitrogens is 2. The van der Waals surface area contributed by atoms with E-state index in [0.29, 0.717) is 36.3 Å². The lowest BCUT2D eigenvalue weighted by Crippen LogP contribution is -2.51. The Labute approximate surface area is 240 Å². The number of rotatable bonds is 5. The average Bonchev–Trinajstić information content (AvgIpc) is 3.54. The minimum Gasteiger partial charge on any atom is -0.477 e. The number of piperidine rings is 1. The van der Waals surface area contributed by atoms with E-state index in [2.05, 4.69) is 39.3 Å². The van der Waals surface area contributed by atoms with Crippen LogP contribution in [0.2, 0.25) is 5.02 Å². The van der Waals surface area contributed by atoms with Gasteiger partial charge in [-0.15, -0.1) is 0 Å². The van der Waals surface area contributed by atoms with Crippen molar-refractivity contribution < 1.29 is 13.5 Å². The van der Waals surface area contributed by atoms with Crippen LogP contribution in [0.5, 0.6) is 5.88 Å². The smallest absolute Gasteiger partial charge is 0.265 e. The molecule has 40 heavy (non-hydrogen) atoms. The molecule has 0 saturated carbocycles. The van der Waals surface area contributed by atoms with Crippen molar-refractivity contribution in [3.63, 3.8) is 0 Å². The summed E-state index contributed by atoms with van der Waals surface area (Å²) in [7, 11) is 2.12. The number of likely N-dealkylation sites (N-methyl/N-ethyl adjacent to an activating group) is 1. The topological polar surface area (TPSA) is 53.5 Å². The number of anilines is 1. The van der Waals surface area contributed by atoms with Gasteiger partial charge in [-0.1, -0.05) is 17.7 Å². The van der Waals surface area contributed by atoms with Gasteiger partial charge >= 0.3 is 0 Å². The van der Waals surface area contributed by atoms with E-state index in [1.807, 2.05) is 19.1 Å². The quantitative estimate of drug-likeness (QED) is 0.379. The van der Waals surface area contributed by atoms with E-state index in [4.69, 9.17) is 21.3 Å². The monoisotopic (exact) mass is 569 g/mol. The van der Waals surface area contributed by atoms with Crippen LogP contribution in [0.3, 0.4) is 0 Å². The Morgan fingerprint density at radius 3 is 2.55 bits per heavy atom. The van der Waals surface area contributed by atoms with Crippen LogP contribution in [-0.2, 0) is 12.0 Å². The van der Waals surface area contributed by atoms with Crippen LogP contribution >= 0.6 is 11.6 Å². The van der Waals surface area contributed by atoms with Gasteiger partial charge in [-0.3, -0.25) is 9.88 Å². The Kier molecular flexibility index (Phi) is 9.18. The van der Waals surface area contributed by atoms with Crippen molar-refractivity contribution in [2.45, 2.75) is 51.0 Å². The molecule has 0 aliphatic carbocycles. The Bertz CT molecular complexity index is 1290. The van der Waals surface area contributed by atoms with Gasteiger partial charge in [-0.25, -0.2) is 13.8 Å². The first kappa shape index (κ1) is 28.7. The Morgan fingerprint density at radius 1 is 1.10 bits per heavy atom. The van der Waals surface area contributed by atoms with Gasteiger partial charge in [0.2, 0.25) is 5.88 Å². The van der Waals surface area contributed by atoms with Crippen LogP contribution in [0.4, 0.5) is 14.5 Å². The molecule has 6 rings (SSSR count). The maximum atomic E-state index is 13.7. The average molecular weight is 570 g/mol. The van der Waals surface area contributed by atoms with Gasteiger partial charge in [0.25, 0.3) is 6.43 Å². The summed E-state index contributed by atoms with van der Waals surface area (Å²) in [5, 5.41) is 3.56. The molecule has 2 fully saturated rings. The Balaban J connectivity index is 0.000000582. The highest BCUT2D eigenvalue weighted by Gasteiger charge is 2.42. The molecule has 214 valence electrons. The molecule has 1 aromatic carbocycles. The van der Waals surface area contributed by atoms with Crippen molar-refractivity contribution in [2.75, 3.05) is 51.3 Å². The largest absolute Gasteiger partial charge is 0.477 e. The van der Waals surface area contributed by atoms with Gasteiger partial charge in [0.1, 0.15) is 0 Å². The standard InChI is InChI=1S/C27H29ClF2N4O.C4H9N/c1-3-35-26-19(5-4-12-31-26)22-8-7-21-23(32-22)16-33(2)17-27(21)10-13-34(14-11-27)24-9-6-18(28)15-20(24)25(29)30;1-2-4-5-3-1/h4-9,12,15,25H,3,10-11,13-14,16-17H2,1-2H3;5H,1-4H2. The van der Waals surface area contributed by atoms with E-state index >= 15 is 0 Å². The van der Waals surface area contributed by atoms with Crippen molar-refractivity contribution in [1.82, 2.24) is 20.2 Å². The van der Waals surface area contributed by atoms with Gasteiger partial charge in [-0.05, 0) is 94.7 Å². The lowest BCUT2D eigenvalue weighted by atomic mass is 9.69. The molecule has 1 N–H and O–H groups in total. The van der Waals surface area contributed by atoms with Crippen molar-refractivity contribution in [3.05, 3.63) is 70.5 Å². The normalized spacial score (nSPS) is 18.4. The predicted octanol–water partition coefficient (Wildman–Crippen LogP) is 6.49. The molecule has 9 heteroatoms. The second-order valence-corrected chi connectivity index (χ2v) is 11.3. The van der Waals surface area contributed by atoms with Crippen molar-refractivity contribution in [2.24, 2.45) is 0 Å². The first-order valence-corrected chi connectivity index (χ1v) is 14.6. The lowest BCUT2D eigenvalue weighted by Gasteiger charge is -2.48. The zero-order valence-electron chi connectivity index (χ0n) is 23.3. The maximum absolute atomic E-state index is 13.7. The molecule has 2 aromatic heterocycles. The summed E-state index contributed by atoms with van der Waals surface area (Å²) < 4.78 is 33.1. The number of hydrogen-bond donors (Lipinski definition) is 1. The third-order valence-corrected chi connectivity index (χ3v) is 8.34. The highest BCUT2D eigenvalue weighted by Crippen LogP contribution is 2.44. The minimum absolute atomic E-state index is 0.00231. The van der Waals surface area contributed by atoms with Crippen LogP contribution in [-0.4, -0.2) is 61.2 Å². The van der Waals surface area contributed by atoms with E-state index in [1.165, 1.54) is 37.6 Å². The summed E-state index contributed by atoms with van der Waals surface area (Å²) in [6, 6.07) is 12.9. The van der Waals surface area contributed by atoms with Crippen molar-refractivity contribution in [3.8, 4) is 17.1 Å². The summed E-state index contributed by atoms with van der Waals surface area (Å²) in [4.78, 5) is 13.8. The van der Waals surface area contributed by atoms with Gasteiger partial charge < -0.3 is 15.0 Å². The van der Waals surface area contributed by atoms with Crippen LogP contribution in [0.15, 0.2) is 48.7 Å². The second kappa shape index (κ2) is 12.8. The fraction of sp³-hybridized carbons (Fsp3) is 0.484. The Hall–Kier alpha value is -2.81. The van der Waals surface area contributed by atoms with Gasteiger partial charge in [0.15, 0.2) is 0 Å². The molecular formula is C31H38ClF2N5O. The first-order chi connectivity index (χ1) is 19.4. The minimum atomic E-state index is -2.56. The molecular weight excluding hydrogens is 532 g/mol. The number of pyridine rings is 2. The van der Waals surface area contributed by atoms with Crippen molar-refractivity contribution in [1.29, 1.82) is 0 Å². The van der Waals surface area contributed by atoms with Gasteiger partial charge in [0, 0.05) is 54.1 Å². The predicted molar refractivity (Wildman–Crippen MR) is 157 cm³/mol. The summed E-state index contributed by atoms with van der Waals surface area (Å²) in [6.07, 6.45) is 3.68. The fourth-order valence-electron chi connectivity index (χ4n) is 6.22. The van der Waals surface area contributed by atoms with E-state index in [-0.39, 0.29) is 11.0 Å². The molecule has 3 aliphatic rings. The second-order valence-electron chi connectivity index (χ2n) is 10.9. The summed E-state index contributed by atoms with van der Waals surface area (Å²) >= 11 is 6.00. The number of alkyl halides is 2. The molecule has 0 radical (unpaired) electrons. The number of fused-ring (bicyclic) bond motifs is 2. The molecule has 1 spiro atoms. The first-order valence-electron chi connectivity index (χ1n) is 14.2. The molecule has 0 amide bonds. The fourth-order valence-corrected chi connectivity index (χ4v) is 6.40. The molecule has 3 aromatic rings. The van der Waals surface area contributed by atoms with Crippen LogP contribution in [0.25, 0.3) is 11.3 Å². The molecule has 0 atom stereocenters. The van der Waals surface area contributed by atoms with Crippen molar-refractivity contribution >= 4 is 17.3 Å². The van der Waals surface area contributed by atoms with E-state index in [9.17, 15) is 8.78 Å². The SMILES string of the molecule is C1CCNC1.CCOc1ncccc1-c1ccc2c(n1)CN(C)CC21CCN(c2ccc(Cl)cc2C(F)F)CC1. The molecule has 0 unspecified atom stereocenters. The van der Waals surface area contributed by atoms with E-state index in [1.54, 1.807) is 18.3 Å². The number of hydrogen-bond acceptors (Lipinski definition) is 6. The van der Waals surface area contributed by atoms with Crippen LogP contribution < -0.4 is 15.0 Å². The molecule has 6 nitrogen and oxygen atoms in total. The van der Waals surface area contributed by atoms with E-state index < -0.39 is 6.43 Å². The summed E-state index contributed by atoms with van der Waals surface area (Å²) in [5.41, 5.74) is 4.60. The summed E-state index contributed by atoms with van der Waals surface area (Å²) in [5.74, 6) is 0.590. The van der Waals surface area contributed by atoms with Crippen LogP contribution in [0, 0.1) is 0 Å². The maximum Gasteiger partial charge on any atom is 0.265 e. The molecule has 0 bridgehead atoms. The number of halogens is 3. The molecule has 2 saturated heterocycles. The zero-order valence-corrected chi connectivity index (χ0v) is 24.1. The summed E-state index contributed by atoms with van der Waals surface area (Å²) in [6.45, 7) is 8.08. The zero-order chi connectivity index (χ0) is 28.1. The number of nitrogens with zero attached hydrogens (tertiary/aromatic N) is 4. The highest BCUT2D eigenvalue weighted by atomic mass is 35.5. The van der Waals surface area contributed by atoms with Crippen LogP contribution in [0.1, 0.15) is 55.9 Å². The number of ether oxygens (including phenoxy) is 1. The van der Waals surface area contributed by atoms with E-state index in [0.717, 1.165) is 42.9 Å². The highest BCUT2D eigenvalue weighted by molar-refractivity contribution is 6.30. The molecule has 3 aliphatic heterocycles. The third kappa shape index (κ3) is 6.24.